The zero-order chi connectivity index (χ0) is 15.2. The minimum Gasteiger partial charge on any atom is -0.490 e. The number of rotatable bonds is 6. The largest absolute Gasteiger partial charge is 0.490 e. The normalized spacial score (nSPS) is 10.4. The highest BCUT2D eigenvalue weighted by molar-refractivity contribution is 5.53. The van der Waals surface area contributed by atoms with Crippen LogP contribution in [0, 0.1) is 5.82 Å². The van der Waals surface area contributed by atoms with Gasteiger partial charge in [0.05, 0.1) is 0 Å². The summed E-state index contributed by atoms with van der Waals surface area (Å²) < 4.78 is 29.3. The van der Waals surface area contributed by atoms with Gasteiger partial charge in [-0.2, -0.15) is 0 Å². The molecule has 0 bridgehead atoms. The highest BCUT2D eigenvalue weighted by Crippen LogP contribution is 2.20. The second kappa shape index (κ2) is 6.71. The van der Waals surface area contributed by atoms with Gasteiger partial charge in [-0.15, -0.1) is 10.2 Å². The van der Waals surface area contributed by atoms with Crippen molar-refractivity contribution < 1.29 is 18.3 Å². The predicted octanol–water partition coefficient (Wildman–Crippen LogP) is 3.33. The van der Waals surface area contributed by atoms with Gasteiger partial charge in [0.15, 0.2) is 11.6 Å². The topological polar surface area (TPSA) is 57.4 Å². The minimum absolute atomic E-state index is 0.220. The molecule has 0 fully saturated rings. The molecular formula is C16H13FN2O3. The predicted molar refractivity (Wildman–Crippen MR) is 77.1 cm³/mol. The van der Waals surface area contributed by atoms with E-state index in [0.717, 1.165) is 5.56 Å². The number of ether oxygens (including phenoxy) is 2. The summed E-state index contributed by atoms with van der Waals surface area (Å²) in [5.74, 6) is 0.971. The molecular weight excluding hydrogens is 287 g/mol. The lowest BCUT2D eigenvalue weighted by atomic mass is 10.2. The van der Waals surface area contributed by atoms with Crippen molar-refractivity contribution in [3.63, 3.8) is 0 Å². The Hall–Kier alpha value is -2.89. The van der Waals surface area contributed by atoms with Crippen molar-refractivity contribution in [1.82, 2.24) is 10.2 Å². The molecule has 2 aromatic carbocycles. The van der Waals surface area contributed by atoms with Crippen LogP contribution < -0.4 is 9.47 Å². The van der Waals surface area contributed by atoms with Crippen LogP contribution in [-0.4, -0.2) is 23.4 Å². The van der Waals surface area contributed by atoms with Gasteiger partial charge < -0.3 is 13.9 Å². The van der Waals surface area contributed by atoms with Crippen molar-refractivity contribution in [2.75, 3.05) is 13.2 Å². The summed E-state index contributed by atoms with van der Waals surface area (Å²) in [4.78, 5) is 0. The average molecular weight is 300 g/mol. The van der Waals surface area contributed by atoms with Crippen LogP contribution in [0.3, 0.4) is 0 Å². The van der Waals surface area contributed by atoms with Crippen LogP contribution in [0.1, 0.15) is 0 Å². The van der Waals surface area contributed by atoms with Crippen molar-refractivity contribution in [3.05, 3.63) is 60.7 Å². The molecule has 22 heavy (non-hydrogen) atoms. The number of hydrogen-bond donors (Lipinski definition) is 0. The monoisotopic (exact) mass is 300 g/mol. The molecule has 6 heteroatoms. The van der Waals surface area contributed by atoms with E-state index in [0.29, 0.717) is 18.2 Å². The number of para-hydroxylation sites is 1. The third-order valence-electron chi connectivity index (χ3n) is 2.91. The van der Waals surface area contributed by atoms with Crippen molar-refractivity contribution in [2.45, 2.75) is 0 Å². The Morgan fingerprint density at radius 2 is 1.73 bits per heavy atom. The summed E-state index contributed by atoms with van der Waals surface area (Å²) in [6.45, 7) is 0.570. The lowest BCUT2D eigenvalue weighted by Crippen LogP contribution is -2.09. The zero-order valence-electron chi connectivity index (χ0n) is 11.6. The number of benzene rings is 2. The zero-order valence-corrected chi connectivity index (χ0v) is 11.6. The lowest BCUT2D eigenvalue weighted by Gasteiger charge is -2.09. The molecule has 0 unspecified atom stereocenters. The first kappa shape index (κ1) is 14.1. The van der Waals surface area contributed by atoms with E-state index in [1.165, 1.54) is 12.5 Å². The van der Waals surface area contributed by atoms with E-state index in [4.69, 9.17) is 13.9 Å². The molecule has 0 aliphatic heterocycles. The molecule has 5 nitrogen and oxygen atoms in total. The highest BCUT2D eigenvalue weighted by Gasteiger charge is 2.04. The number of aromatic nitrogens is 2. The summed E-state index contributed by atoms with van der Waals surface area (Å²) in [6, 6.07) is 13.5. The van der Waals surface area contributed by atoms with Gasteiger partial charge in [0.1, 0.15) is 19.0 Å². The molecule has 3 aromatic rings. The standard InChI is InChI=1S/C16H13FN2O3/c17-14-3-1-2-4-15(14)21-10-9-20-13-7-5-12(6-8-13)16-19-18-11-22-16/h1-8,11H,9-10H2. The summed E-state index contributed by atoms with van der Waals surface area (Å²) in [5.41, 5.74) is 0.812. The third kappa shape index (κ3) is 3.41. The van der Waals surface area contributed by atoms with Gasteiger partial charge in [-0.1, -0.05) is 12.1 Å². The van der Waals surface area contributed by atoms with Crippen LogP contribution >= 0.6 is 0 Å². The Kier molecular flexibility index (Phi) is 4.29. The molecule has 0 aliphatic rings. The molecule has 1 heterocycles. The van der Waals surface area contributed by atoms with Gasteiger partial charge in [-0.25, -0.2) is 4.39 Å². The molecule has 0 spiro atoms. The molecule has 0 atom stereocenters. The SMILES string of the molecule is Fc1ccccc1OCCOc1ccc(-c2nnco2)cc1. The molecule has 0 saturated heterocycles. The maximum atomic E-state index is 13.3. The molecule has 0 N–H and O–H groups in total. The molecule has 1 aromatic heterocycles. The summed E-state index contributed by atoms with van der Waals surface area (Å²) in [6.07, 6.45) is 1.28. The molecule has 112 valence electrons. The van der Waals surface area contributed by atoms with Crippen LogP contribution in [0.15, 0.2) is 59.3 Å². The first-order valence-corrected chi connectivity index (χ1v) is 6.69. The summed E-state index contributed by atoms with van der Waals surface area (Å²) in [7, 11) is 0. The summed E-state index contributed by atoms with van der Waals surface area (Å²) in [5, 5.41) is 7.44. The van der Waals surface area contributed by atoms with Crippen molar-refractivity contribution in [3.8, 4) is 23.0 Å². The van der Waals surface area contributed by atoms with Gasteiger partial charge in [-0.05, 0) is 36.4 Å². The fourth-order valence-electron chi connectivity index (χ4n) is 1.87. The van der Waals surface area contributed by atoms with Gasteiger partial charge in [-0.3, -0.25) is 0 Å². The van der Waals surface area contributed by atoms with Gasteiger partial charge in [0.2, 0.25) is 12.3 Å². The molecule has 3 rings (SSSR count). The molecule has 0 amide bonds. The summed E-state index contributed by atoms with van der Waals surface area (Å²) >= 11 is 0. The van der Waals surface area contributed by atoms with Crippen molar-refractivity contribution >= 4 is 0 Å². The molecule has 0 saturated carbocycles. The Balaban J connectivity index is 1.49. The van der Waals surface area contributed by atoms with E-state index in [1.807, 2.05) is 12.1 Å². The Morgan fingerprint density at radius 3 is 2.45 bits per heavy atom. The van der Waals surface area contributed by atoms with Crippen LogP contribution in [0.2, 0.25) is 0 Å². The van der Waals surface area contributed by atoms with E-state index in [1.54, 1.807) is 30.3 Å². The fourth-order valence-corrected chi connectivity index (χ4v) is 1.87. The Bertz CT molecular complexity index is 715. The van der Waals surface area contributed by atoms with E-state index in [-0.39, 0.29) is 18.2 Å². The average Bonchev–Trinajstić information content (AvgIpc) is 3.08. The van der Waals surface area contributed by atoms with Crippen molar-refractivity contribution in [2.24, 2.45) is 0 Å². The third-order valence-corrected chi connectivity index (χ3v) is 2.91. The highest BCUT2D eigenvalue weighted by atomic mass is 19.1. The van der Waals surface area contributed by atoms with E-state index in [9.17, 15) is 4.39 Å². The van der Waals surface area contributed by atoms with Crippen LogP contribution in [-0.2, 0) is 0 Å². The second-order valence-electron chi connectivity index (χ2n) is 4.40. The van der Waals surface area contributed by atoms with Crippen LogP contribution in [0.4, 0.5) is 4.39 Å². The van der Waals surface area contributed by atoms with Gasteiger partial charge in [0.25, 0.3) is 0 Å². The van der Waals surface area contributed by atoms with E-state index in [2.05, 4.69) is 10.2 Å². The number of hydrogen-bond acceptors (Lipinski definition) is 5. The molecule has 0 radical (unpaired) electrons. The number of halogens is 1. The smallest absolute Gasteiger partial charge is 0.247 e. The van der Waals surface area contributed by atoms with Gasteiger partial charge in [0, 0.05) is 5.56 Å². The fraction of sp³-hybridized carbons (Fsp3) is 0.125. The maximum Gasteiger partial charge on any atom is 0.247 e. The Labute approximate surface area is 126 Å². The van der Waals surface area contributed by atoms with E-state index < -0.39 is 0 Å². The Morgan fingerprint density at radius 1 is 0.955 bits per heavy atom. The van der Waals surface area contributed by atoms with E-state index >= 15 is 0 Å². The maximum absolute atomic E-state index is 13.3. The number of nitrogens with zero attached hydrogens (tertiary/aromatic N) is 2. The van der Waals surface area contributed by atoms with Gasteiger partial charge >= 0.3 is 0 Å². The quantitative estimate of drug-likeness (QED) is 0.653. The first-order chi connectivity index (χ1) is 10.8. The molecule has 0 aliphatic carbocycles. The second-order valence-corrected chi connectivity index (χ2v) is 4.40. The van der Waals surface area contributed by atoms with Crippen LogP contribution in [0.25, 0.3) is 11.5 Å². The van der Waals surface area contributed by atoms with Crippen LogP contribution in [0.5, 0.6) is 11.5 Å². The minimum atomic E-state index is -0.383. The first-order valence-electron chi connectivity index (χ1n) is 6.69. The lowest BCUT2D eigenvalue weighted by molar-refractivity contribution is 0.211. The van der Waals surface area contributed by atoms with Crippen molar-refractivity contribution in [1.29, 1.82) is 0 Å².